The first kappa shape index (κ1) is 11.8. The number of methoxy groups -OCH3 is 1. The molecule has 1 aromatic heterocycles. The van der Waals surface area contributed by atoms with Gasteiger partial charge in [0.1, 0.15) is 5.69 Å². The van der Waals surface area contributed by atoms with E-state index in [1.54, 1.807) is 6.92 Å². The number of nitrogens with zero attached hydrogens (tertiary/aromatic N) is 1. The fourth-order valence-corrected chi connectivity index (χ4v) is 1.44. The van der Waals surface area contributed by atoms with Crippen LogP contribution in [0.25, 0.3) is 0 Å². The number of pyridine rings is 1. The summed E-state index contributed by atoms with van der Waals surface area (Å²) in [6, 6.07) is 0. The minimum Gasteiger partial charge on any atom is -0.494 e. The van der Waals surface area contributed by atoms with E-state index in [0.717, 1.165) is 0 Å². The van der Waals surface area contributed by atoms with E-state index < -0.39 is 17.4 Å². The Morgan fingerprint density at radius 2 is 2.20 bits per heavy atom. The van der Waals surface area contributed by atoms with E-state index in [2.05, 4.69) is 4.98 Å². The van der Waals surface area contributed by atoms with Crippen LogP contribution in [0.1, 0.15) is 28.0 Å². The van der Waals surface area contributed by atoms with Crippen molar-refractivity contribution < 1.29 is 18.3 Å². The Balaban J connectivity index is 3.47. The highest BCUT2D eigenvalue weighted by Gasteiger charge is 2.23. The number of rotatable bonds is 3. The first-order valence-corrected chi connectivity index (χ1v) is 4.38. The Morgan fingerprint density at radius 3 is 2.60 bits per heavy atom. The lowest BCUT2D eigenvalue weighted by Crippen LogP contribution is -2.05. The van der Waals surface area contributed by atoms with Gasteiger partial charge >= 0.3 is 0 Å². The Hall–Kier alpha value is -1.23. The zero-order valence-electron chi connectivity index (χ0n) is 8.05. The molecule has 0 radical (unpaired) electrons. The van der Waals surface area contributed by atoms with Crippen molar-refractivity contribution >= 4 is 16.8 Å². The van der Waals surface area contributed by atoms with Gasteiger partial charge in [-0.25, -0.2) is 8.78 Å². The summed E-state index contributed by atoms with van der Waals surface area (Å²) in [7, 11) is 1.19. The Bertz CT molecular complexity index is 396. The average molecular weight is 236 g/mol. The zero-order chi connectivity index (χ0) is 11.6. The van der Waals surface area contributed by atoms with E-state index in [1.165, 1.54) is 13.3 Å². The molecule has 0 bridgehead atoms. The van der Waals surface area contributed by atoms with Gasteiger partial charge in [-0.2, -0.15) is 0 Å². The lowest BCUT2D eigenvalue weighted by molar-refractivity contribution is 0.107. The number of alkyl halides is 2. The summed E-state index contributed by atoms with van der Waals surface area (Å²) in [5, 5.41) is -0.839. The lowest BCUT2D eigenvalue weighted by atomic mass is 10.1. The molecule has 0 fully saturated rings. The average Bonchev–Trinajstić information content (AvgIpc) is 2.15. The Labute approximate surface area is 90.0 Å². The monoisotopic (exact) mass is 235 g/mol. The van der Waals surface area contributed by atoms with E-state index in [-0.39, 0.29) is 11.3 Å². The van der Waals surface area contributed by atoms with Crippen molar-refractivity contribution in [2.24, 2.45) is 0 Å². The summed E-state index contributed by atoms with van der Waals surface area (Å²) in [5.41, 5.74) is -0.243. The molecule has 1 rings (SSSR count). The van der Waals surface area contributed by atoms with Crippen molar-refractivity contribution in [1.29, 1.82) is 0 Å². The third-order valence-corrected chi connectivity index (χ3v) is 2.05. The van der Waals surface area contributed by atoms with Gasteiger partial charge in [0, 0.05) is 6.20 Å². The highest BCUT2D eigenvalue weighted by Crippen LogP contribution is 2.32. The van der Waals surface area contributed by atoms with Crippen molar-refractivity contribution in [2.75, 3.05) is 7.11 Å². The highest BCUT2D eigenvalue weighted by atomic mass is 35.5. The third kappa shape index (κ3) is 2.23. The minimum absolute atomic E-state index is 0.0653. The number of hydrogen-bond acceptors (Lipinski definition) is 3. The summed E-state index contributed by atoms with van der Waals surface area (Å²) in [5.74, 6) is -0.259. The first-order valence-electron chi connectivity index (χ1n) is 4.00. The second kappa shape index (κ2) is 4.53. The van der Waals surface area contributed by atoms with E-state index in [1.807, 2.05) is 0 Å². The molecular formula is C9H8ClF2NO2. The van der Waals surface area contributed by atoms with Crippen molar-refractivity contribution in [2.45, 2.75) is 13.3 Å². The fraction of sp³-hybridized carbons (Fsp3) is 0.333. The molecule has 0 aliphatic rings. The van der Waals surface area contributed by atoms with Crippen molar-refractivity contribution in [1.82, 2.24) is 4.98 Å². The van der Waals surface area contributed by atoms with Gasteiger partial charge in [0.2, 0.25) is 0 Å². The molecule has 0 atom stereocenters. The normalized spacial score (nSPS) is 10.5. The van der Waals surface area contributed by atoms with Gasteiger partial charge in [0.15, 0.2) is 5.75 Å². The van der Waals surface area contributed by atoms with Gasteiger partial charge in [-0.15, -0.1) is 0 Å². The molecule has 1 heterocycles. The maximum Gasteiger partial charge on any atom is 0.284 e. The maximum absolute atomic E-state index is 12.5. The molecule has 0 aliphatic carbocycles. The molecule has 0 saturated heterocycles. The van der Waals surface area contributed by atoms with Crippen LogP contribution in [-0.2, 0) is 0 Å². The van der Waals surface area contributed by atoms with Crippen LogP contribution in [0.15, 0.2) is 6.20 Å². The van der Waals surface area contributed by atoms with Gasteiger partial charge in [-0.3, -0.25) is 9.78 Å². The minimum atomic E-state index is -2.81. The van der Waals surface area contributed by atoms with Crippen LogP contribution in [0, 0.1) is 6.92 Å². The summed E-state index contributed by atoms with van der Waals surface area (Å²) >= 11 is 5.28. The molecule has 0 aliphatic heterocycles. The highest BCUT2D eigenvalue weighted by molar-refractivity contribution is 6.68. The smallest absolute Gasteiger partial charge is 0.284 e. The molecule has 15 heavy (non-hydrogen) atoms. The predicted octanol–water partition coefficient (Wildman–Crippen LogP) is 2.72. The van der Waals surface area contributed by atoms with Crippen LogP contribution in [-0.4, -0.2) is 17.3 Å². The van der Waals surface area contributed by atoms with Gasteiger partial charge < -0.3 is 4.74 Å². The lowest BCUT2D eigenvalue weighted by Gasteiger charge is -2.11. The van der Waals surface area contributed by atoms with Crippen LogP contribution < -0.4 is 4.74 Å². The molecule has 0 unspecified atom stereocenters. The van der Waals surface area contributed by atoms with Gasteiger partial charge in [0.05, 0.1) is 12.7 Å². The fourth-order valence-electron chi connectivity index (χ4n) is 1.20. The predicted molar refractivity (Wildman–Crippen MR) is 50.7 cm³/mol. The van der Waals surface area contributed by atoms with Gasteiger partial charge in [-0.1, -0.05) is 0 Å². The van der Waals surface area contributed by atoms with Crippen LogP contribution >= 0.6 is 11.6 Å². The summed E-state index contributed by atoms with van der Waals surface area (Å²) in [4.78, 5) is 14.5. The molecule has 3 nitrogen and oxygen atoms in total. The molecule has 82 valence electrons. The van der Waals surface area contributed by atoms with E-state index in [9.17, 15) is 13.6 Å². The summed E-state index contributed by atoms with van der Waals surface area (Å²) < 4.78 is 29.7. The van der Waals surface area contributed by atoms with Crippen molar-refractivity contribution in [3.8, 4) is 5.75 Å². The van der Waals surface area contributed by atoms with Gasteiger partial charge in [0.25, 0.3) is 11.7 Å². The molecular weight excluding hydrogens is 228 g/mol. The Morgan fingerprint density at radius 1 is 1.60 bits per heavy atom. The van der Waals surface area contributed by atoms with Gasteiger partial charge in [-0.05, 0) is 24.1 Å². The SMILES string of the molecule is COc1c(C(F)F)ncc(C)c1C(=O)Cl. The standard InChI is InChI=1S/C9H8ClF2NO2/c1-4-3-13-6(9(11)12)7(15-2)5(4)8(10)14/h3,9H,1-2H3. The molecule has 0 aromatic carbocycles. The van der Waals surface area contributed by atoms with Crippen LogP contribution in [0.2, 0.25) is 0 Å². The molecule has 0 saturated carbocycles. The number of ether oxygens (including phenoxy) is 1. The van der Waals surface area contributed by atoms with Crippen LogP contribution in [0.3, 0.4) is 0 Å². The second-order valence-corrected chi connectivity index (χ2v) is 3.15. The Kier molecular flexibility index (Phi) is 3.57. The molecule has 0 spiro atoms. The van der Waals surface area contributed by atoms with Crippen LogP contribution in [0.4, 0.5) is 8.78 Å². The summed E-state index contributed by atoms with van der Waals surface area (Å²) in [6.07, 6.45) is -1.64. The topological polar surface area (TPSA) is 39.2 Å². The number of carbonyl (C=O) groups is 1. The molecule has 6 heteroatoms. The molecule has 0 amide bonds. The van der Waals surface area contributed by atoms with E-state index in [0.29, 0.717) is 5.56 Å². The quantitative estimate of drug-likeness (QED) is 0.756. The number of halogens is 3. The van der Waals surface area contributed by atoms with Crippen LogP contribution in [0.5, 0.6) is 5.75 Å². The molecule has 0 N–H and O–H groups in total. The zero-order valence-corrected chi connectivity index (χ0v) is 8.81. The maximum atomic E-state index is 12.5. The van der Waals surface area contributed by atoms with E-state index in [4.69, 9.17) is 16.3 Å². The third-order valence-electron chi connectivity index (χ3n) is 1.86. The molecule has 1 aromatic rings. The largest absolute Gasteiger partial charge is 0.494 e. The number of hydrogen-bond donors (Lipinski definition) is 0. The van der Waals surface area contributed by atoms with Crippen molar-refractivity contribution in [3.05, 3.63) is 23.0 Å². The summed E-state index contributed by atoms with van der Waals surface area (Å²) in [6.45, 7) is 1.54. The number of carbonyl (C=O) groups excluding carboxylic acids is 1. The van der Waals surface area contributed by atoms with E-state index >= 15 is 0 Å². The number of aromatic nitrogens is 1. The number of aryl methyl sites for hydroxylation is 1. The second-order valence-electron chi connectivity index (χ2n) is 2.81. The first-order chi connectivity index (χ1) is 6.99. The van der Waals surface area contributed by atoms with Crippen molar-refractivity contribution in [3.63, 3.8) is 0 Å².